The molecule has 1 aliphatic rings. The Bertz CT molecular complexity index is 684. The van der Waals surface area contributed by atoms with Gasteiger partial charge in [0.2, 0.25) is 5.84 Å². The zero-order valence-electron chi connectivity index (χ0n) is 14.0. The number of amidine groups is 1. The highest BCUT2D eigenvalue weighted by atomic mass is 16.5. The molecule has 0 spiro atoms. The van der Waals surface area contributed by atoms with Crippen molar-refractivity contribution in [1.82, 2.24) is 4.98 Å². The molecule has 1 aliphatic heterocycles. The molecule has 0 aliphatic carbocycles. The van der Waals surface area contributed by atoms with Gasteiger partial charge in [-0.3, -0.25) is 4.79 Å². The highest BCUT2D eigenvalue weighted by Crippen LogP contribution is 2.24. The maximum absolute atomic E-state index is 12.4. The van der Waals surface area contributed by atoms with Crippen molar-refractivity contribution in [3.05, 3.63) is 33.8 Å². The Hall–Kier alpha value is -2.12. The zero-order chi connectivity index (χ0) is 17.4. The molecule has 2 heterocycles. The number of quaternary nitrogens is 1. The van der Waals surface area contributed by atoms with E-state index in [1.54, 1.807) is 6.92 Å². The quantitative estimate of drug-likeness (QED) is 0.496. The first-order valence-electron chi connectivity index (χ1n) is 7.42. The van der Waals surface area contributed by atoms with Crippen LogP contribution >= 0.6 is 0 Å². The normalized spacial score (nSPS) is 23.8. The smallest absolute Gasteiger partial charge is 0.340 e. The summed E-state index contributed by atoms with van der Waals surface area (Å²) in [4.78, 5) is 32.0. The third kappa shape index (κ3) is 3.02. The predicted molar refractivity (Wildman–Crippen MR) is 84.7 cm³/mol. The second-order valence-electron chi connectivity index (χ2n) is 6.24. The number of nitrogens with one attached hydrogen (secondary N) is 1. The molecule has 1 aromatic rings. The standard InChI is InChI=1S/C16H21N3O4/c1-9(2)16(4)8-19(22)14(18-16)13-12(15(21)23-5)6-11(7-20)10(3)17-13/h6-7,9,19H,8H2,1-5H3. The van der Waals surface area contributed by atoms with Gasteiger partial charge in [-0.15, -0.1) is 0 Å². The van der Waals surface area contributed by atoms with Crippen molar-refractivity contribution < 1.29 is 19.4 Å². The van der Waals surface area contributed by atoms with Crippen molar-refractivity contribution in [3.63, 3.8) is 0 Å². The van der Waals surface area contributed by atoms with Crippen molar-refractivity contribution in [2.45, 2.75) is 33.2 Å². The van der Waals surface area contributed by atoms with Gasteiger partial charge >= 0.3 is 5.97 Å². The number of aromatic nitrogens is 1. The molecule has 2 atom stereocenters. The van der Waals surface area contributed by atoms with Crippen LogP contribution in [0.3, 0.4) is 0 Å². The number of hydrogen-bond acceptors (Lipinski definition) is 6. The van der Waals surface area contributed by atoms with E-state index in [9.17, 15) is 14.8 Å². The number of aliphatic imine (C=N–C) groups is 1. The van der Waals surface area contributed by atoms with Gasteiger partial charge in [-0.05, 0) is 25.8 Å². The highest BCUT2D eigenvalue weighted by Gasteiger charge is 2.41. The fourth-order valence-corrected chi connectivity index (χ4v) is 2.47. The molecule has 7 heteroatoms. The lowest BCUT2D eigenvalue weighted by atomic mass is 9.90. The molecule has 124 valence electrons. The van der Waals surface area contributed by atoms with Gasteiger partial charge in [0, 0.05) is 11.3 Å². The molecular weight excluding hydrogens is 298 g/mol. The zero-order valence-corrected chi connectivity index (χ0v) is 14.0. The molecule has 1 N–H and O–H groups in total. The van der Waals surface area contributed by atoms with E-state index in [1.165, 1.54) is 13.2 Å². The monoisotopic (exact) mass is 319 g/mol. The SMILES string of the molecule is COC(=O)c1cc(C=O)c(C)nc1C1=NC(C)(C(C)C)C[NH+]1[O-]. The van der Waals surface area contributed by atoms with Crippen LogP contribution in [0.1, 0.15) is 52.9 Å². The molecule has 7 nitrogen and oxygen atoms in total. The number of carbonyl (C=O) groups is 2. The van der Waals surface area contributed by atoms with Crippen LogP contribution in [0, 0.1) is 18.0 Å². The summed E-state index contributed by atoms with van der Waals surface area (Å²) in [6.45, 7) is 7.82. The van der Waals surface area contributed by atoms with Gasteiger partial charge in [-0.1, -0.05) is 13.8 Å². The van der Waals surface area contributed by atoms with Crippen LogP contribution in [0.4, 0.5) is 0 Å². The summed E-state index contributed by atoms with van der Waals surface area (Å²) in [6.07, 6.45) is 0.620. The molecular formula is C16H21N3O4. The minimum Gasteiger partial charge on any atom is -0.628 e. The second-order valence-corrected chi connectivity index (χ2v) is 6.24. The number of carbonyl (C=O) groups excluding carboxylic acids is 2. The van der Waals surface area contributed by atoms with Gasteiger partial charge in [-0.2, -0.15) is 0 Å². The minimum atomic E-state index is -0.649. The molecule has 0 bridgehead atoms. The lowest BCUT2D eigenvalue weighted by Gasteiger charge is -2.25. The Balaban J connectivity index is 2.65. The number of hydroxylamine groups is 2. The highest BCUT2D eigenvalue weighted by molar-refractivity contribution is 6.04. The molecule has 2 rings (SSSR count). The third-order valence-electron chi connectivity index (χ3n) is 4.40. The summed E-state index contributed by atoms with van der Waals surface area (Å²) >= 11 is 0. The Kier molecular flexibility index (Phi) is 4.63. The summed E-state index contributed by atoms with van der Waals surface area (Å²) in [5.41, 5.74) is 0.483. The Morgan fingerprint density at radius 1 is 1.52 bits per heavy atom. The average molecular weight is 319 g/mol. The first-order valence-corrected chi connectivity index (χ1v) is 7.42. The lowest BCUT2D eigenvalue weighted by molar-refractivity contribution is -0.744. The first-order chi connectivity index (χ1) is 10.7. The van der Waals surface area contributed by atoms with E-state index in [0.717, 1.165) is 0 Å². The van der Waals surface area contributed by atoms with Gasteiger partial charge in [0.05, 0.1) is 12.7 Å². The van der Waals surface area contributed by atoms with Crippen LogP contribution in [0.25, 0.3) is 0 Å². The summed E-state index contributed by atoms with van der Waals surface area (Å²) in [5, 5.41) is 12.3. The number of rotatable bonds is 4. The lowest BCUT2D eigenvalue weighted by Crippen LogP contribution is -3.09. The first kappa shape index (κ1) is 17.2. The molecule has 0 radical (unpaired) electrons. The minimum absolute atomic E-state index is 0.0836. The fraction of sp³-hybridized carbons (Fsp3) is 0.500. The van der Waals surface area contributed by atoms with Crippen LogP contribution < -0.4 is 5.06 Å². The second kappa shape index (κ2) is 6.17. The van der Waals surface area contributed by atoms with Gasteiger partial charge in [0.15, 0.2) is 12.0 Å². The maximum atomic E-state index is 12.4. The number of hydrogen-bond donors (Lipinski definition) is 1. The Morgan fingerprint density at radius 2 is 2.17 bits per heavy atom. The van der Waals surface area contributed by atoms with Crippen LogP contribution in [0.15, 0.2) is 11.1 Å². The number of ether oxygens (including phenoxy) is 1. The molecule has 0 fully saturated rings. The van der Waals surface area contributed by atoms with E-state index < -0.39 is 11.5 Å². The van der Waals surface area contributed by atoms with Gasteiger partial charge in [-0.25, -0.2) is 14.8 Å². The number of aryl methyl sites for hydroxylation is 1. The van der Waals surface area contributed by atoms with Crippen LogP contribution in [-0.4, -0.2) is 42.3 Å². The maximum Gasteiger partial charge on any atom is 0.340 e. The van der Waals surface area contributed by atoms with Gasteiger partial charge in [0.25, 0.3) is 0 Å². The molecule has 2 unspecified atom stereocenters. The van der Waals surface area contributed by atoms with E-state index in [4.69, 9.17) is 4.74 Å². The van der Waals surface area contributed by atoms with E-state index in [2.05, 4.69) is 9.98 Å². The predicted octanol–water partition coefficient (Wildman–Crippen LogP) is 0.547. The third-order valence-corrected chi connectivity index (χ3v) is 4.40. The number of nitrogens with zero attached hydrogens (tertiary/aromatic N) is 2. The molecule has 0 saturated carbocycles. The van der Waals surface area contributed by atoms with E-state index in [-0.39, 0.29) is 40.2 Å². The van der Waals surface area contributed by atoms with E-state index in [1.807, 2.05) is 20.8 Å². The number of pyridine rings is 1. The topological polar surface area (TPSA) is 96.1 Å². The number of esters is 1. The van der Waals surface area contributed by atoms with Crippen molar-refractivity contribution in [1.29, 1.82) is 0 Å². The average Bonchev–Trinajstić information content (AvgIpc) is 2.82. The number of methoxy groups -OCH3 is 1. The van der Waals surface area contributed by atoms with Gasteiger partial charge < -0.3 is 15.0 Å². The molecule has 0 saturated heterocycles. The summed E-state index contributed by atoms with van der Waals surface area (Å²) in [7, 11) is 1.24. The molecule has 0 aromatic carbocycles. The Labute approximate surface area is 134 Å². The Morgan fingerprint density at radius 3 is 2.65 bits per heavy atom. The van der Waals surface area contributed by atoms with Crippen molar-refractivity contribution >= 4 is 18.1 Å². The van der Waals surface area contributed by atoms with E-state index >= 15 is 0 Å². The van der Waals surface area contributed by atoms with Crippen LogP contribution in [0.2, 0.25) is 0 Å². The van der Waals surface area contributed by atoms with Crippen LogP contribution in [0.5, 0.6) is 0 Å². The summed E-state index contributed by atoms with van der Waals surface area (Å²) in [5.74, 6) is -0.299. The van der Waals surface area contributed by atoms with Crippen LogP contribution in [-0.2, 0) is 4.74 Å². The van der Waals surface area contributed by atoms with Crippen molar-refractivity contribution in [3.8, 4) is 0 Å². The largest absolute Gasteiger partial charge is 0.628 e. The summed E-state index contributed by atoms with van der Waals surface area (Å²) in [6, 6.07) is 1.40. The fourth-order valence-electron chi connectivity index (χ4n) is 2.47. The van der Waals surface area contributed by atoms with E-state index in [0.29, 0.717) is 12.0 Å². The molecule has 0 amide bonds. The number of aldehydes is 1. The van der Waals surface area contributed by atoms with Crippen molar-refractivity contribution in [2.75, 3.05) is 13.7 Å². The van der Waals surface area contributed by atoms with Crippen molar-refractivity contribution in [2.24, 2.45) is 10.9 Å². The molecule has 1 aromatic heterocycles. The molecule has 23 heavy (non-hydrogen) atoms. The van der Waals surface area contributed by atoms with Gasteiger partial charge in [0.1, 0.15) is 12.1 Å². The summed E-state index contributed by atoms with van der Waals surface area (Å²) < 4.78 is 4.75.